The van der Waals surface area contributed by atoms with Crippen LogP contribution in [0.25, 0.3) is 0 Å². The summed E-state index contributed by atoms with van der Waals surface area (Å²) in [6.07, 6.45) is -4.55. The van der Waals surface area contributed by atoms with Gasteiger partial charge in [-0.25, -0.2) is 8.78 Å². The second kappa shape index (κ2) is 8.89. The number of amides is 1. The summed E-state index contributed by atoms with van der Waals surface area (Å²) in [5, 5.41) is 12.3. The lowest BCUT2D eigenvalue weighted by Crippen LogP contribution is -2.56. The van der Waals surface area contributed by atoms with Crippen molar-refractivity contribution in [3.63, 3.8) is 0 Å². The summed E-state index contributed by atoms with van der Waals surface area (Å²) >= 11 is 0. The van der Waals surface area contributed by atoms with E-state index in [9.17, 15) is 40.4 Å². The van der Waals surface area contributed by atoms with E-state index in [0.29, 0.717) is 50.7 Å². The number of nitrogens with zero attached hydrogens (tertiary/aromatic N) is 2. The molecule has 35 heavy (non-hydrogen) atoms. The van der Waals surface area contributed by atoms with Crippen LogP contribution in [-0.2, 0) is 16.4 Å². The van der Waals surface area contributed by atoms with Gasteiger partial charge in [0.2, 0.25) is 6.43 Å². The van der Waals surface area contributed by atoms with Crippen LogP contribution < -0.4 is 10.0 Å². The summed E-state index contributed by atoms with van der Waals surface area (Å²) < 4.78 is 93.6. The number of alkyl halides is 5. The van der Waals surface area contributed by atoms with Crippen LogP contribution in [0.2, 0.25) is 0 Å². The smallest absolute Gasteiger partial charge is 0.347 e. The zero-order valence-electron chi connectivity index (χ0n) is 18.7. The van der Waals surface area contributed by atoms with Gasteiger partial charge in [-0.15, -0.1) is 0 Å². The molecule has 7 nitrogen and oxygen atoms in total. The Hall–Kier alpha value is -2.46. The maximum atomic E-state index is 13.4. The van der Waals surface area contributed by atoms with Crippen molar-refractivity contribution in [3.05, 3.63) is 29.3 Å². The van der Waals surface area contributed by atoms with Gasteiger partial charge in [-0.3, -0.25) is 9.52 Å². The SMILES string of the molecule is N#CC12CCC(NC(=O)c3cc(C(F)(F)F)ccc3NS(=O)(=O)N3CC(CC(F)F)C3)(CC1)CC2. The van der Waals surface area contributed by atoms with Crippen molar-refractivity contribution >= 4 is 21.8 Å². The minimum atomic E-state index is -4.76. The highest BCUT2D eigenvalue weighted by molar-refractivity contribution is 7.90. The number of hydrogen-bond acceptors (Lipinski definition) is 4. The molecule has 0 atom stereocenters. The molecule has 3 aliphatic carbocycles. The molecular formula is C22H25F5N4O3S. The second-order valence-corrected chi connectivity index (χ2v) is 11.5. The first kappa shape index (κ1) is 25.6. The van der Waals surface area contributed by atoms with Crippen molar-refractivity contribution in [2.75, 3.05) is 17.8 Å². The molecule has 4 aliphatic rings. The zero-order valence-corrected chi connectivity index (χ0v) is 19.5. The highest BCUT2D eigenvalue weighted by atomic mass is 32.2. The van der Waals surface area contributed by atoms with Crippen LogP contribution in [-0.4, -0.2) is 43.7 Å². The molecule has 0 spiro atoms. The number of carbonyl (C=O) groups is 1. The maximum Gasteiger partial charge on any atom is 0.416 e. The monoisotopic (exact) mass is 520 g/mol. The number of carbonyl (C=O) groups excluding carboxylic acids is 1. The first-order valence-corrected chi connectivity index (χ1v) is 12.7. The summed E-state index contributed by atoms with van der Waals surface area (Å²) in [6.45, 7) is -0.294. The molecule has 13 heteroatoms. The fraction of sp³-hybridized carbons (Fsp3) is 0.636. The van der Waals surface area contributed by atoms with Crippen LogP contribution in [0, 0.1) is 22.7 Å². The molecule has 0 unspecified atom stereocenters. The van der Waals surface area contributed by atoms with Crippen LogP contribution in [0.1, 0.15) is 60.9 Å². The molecule has 3 saturated carbocycles. The Morgan fingerprint density at radius 2 is 1.74 bits per heavy atom. The third-order valence-corrected chi connectivity index (χ3v) is 8.92. The molecule has 0 radical (unpaired) electrons. The fourth-order valence-corrected chi connectivity index (χ4v) is 6.57. The lowest BCUT2D eigenvalue weighted by Gasteiger charge is -2.50. The Bertz CT molecular complexity index is 1120. The average Bonchev–Trinajstić information content (AvgIpc) is 2.76. The third-order valence-electron chi connectivity index (χ3n) is 7.47. The summed E-state index contributed by atoms with van der Waals surface area (Å²) in [6, 6.07) is 4.49. The van der Waals surface area contributed by atoms with E-state index in [1.165, 1.54) is 0 Å². The third kappa shape index (κ3) is 5.23. The second-order valence-electron chi connectivity index (χ2n) is 9.80. The average molecular weight is 521 g/mol. The number of hydrogen-bond donors (Lipinski definition) is 2. The van der Waals surface area contributed by atoms with Crippen LogP contribution in [0.3, 0.4) is 0 Å². The Morgan fingerprint density at radius 3 is 2.26 bits per heavy atom. The molecule has 2 bridgehead atoms. The Balaban J connectivity index is 1.55. The van der Waals surface area contributed by atoms with Gasteiger partial charge >= 0.3 is 16.4 Å². The number of nitrogens with one attached hydrogen (secondary N) is 2. The normalized spacial score (nSPS) is 27.3. The van der Waals surface area contributed by atoms with Gasteiger partial charge in [0.05, 0.1) is 28.3 Å². The topological polar surface area (TPSA) is 102 Å². The number of rotatable bonds is 7. The van der Waals surface area contributed by atoms with Crippen LogP contribution in [0.5, 0.6) is 0 Å². The Labute approximate surface area is 199 Å². The first-order chi connectivity index (χ1) is 16.3. The van der Waals surface area contributed by atoms with Gasteiger partial charge in [0, 0.05) is 25.0 Å². The van der Waals surface area contributed by atoms with Gasteiger partial charge in [-0.2, -0.15) is 31.2 Å². The predicted molar refractivity (Wildman–Crippen MR) is 116 cm³/mol. The molecular weight excluding hydrogens is 495 g/mol. The Morgan fingerprint density at radius 1 is 1.14 bits per heavy atom. The predicted octanol–water partition coefficient (Wildman–Crippen LogP) is 4.30. The molecule has 1 aliphatic heterocycles. The molecule has 2 N–H and O–H groups in total. The molecule has 1 saturated heterocycles. The number of benzene rings is 1. The van der Waals surface area contributed by atoms with E-state index in [1.807, 2.05) is 0 Å². The van der Waals surface area contributed by atoms with Crippen LogP contribution >= 0.6 is 0 Å². The standard InChI is InChI=1S/C22H25F5N4O3S/c23-18(24)9-14-11-31(12-14)35(33,34)30-17-2-1-15(22(25,26)27)10-16(17)19(32)29-21-6-3-20(13-28,4-7-21)5-8-21/h1-2,10,14,18,30H,3-9,11-12H2,(H,29,32). The van der Waals surface area contributed by atoms with Gasteiger partial charge < -0.3 is 5.32 Å². The molecule has 1 aromatic rings. The Kier molecular flexibility index (Phi) is 6.51. The summed E-state index contributed by atoms with van der Waals surface area (Å²) in [7, 11) is -4.27. The number of nitriles is 1. The van der Waals surface area contributed by atoms with Gasteiger partial charge in [0.1, 0.15) is 0 Å². The molecule has 1 aromatic carbocycles. The van der Waals surface area contributed by atoms with E-state index < -0.39 is 63.1 Å². The van der Waals surface area contributed by atoms with Crippen molar-refractivity contribution in [1.82, 2.24) is 9.62 Å². The van der Waals surface area contributed by atoms with Crippen molar-refractivity contribution in [2.24, 2.45) is 11.3 Å². The van der Waals surface area contributed by atoms with Gasteiger partial charge in [-0.1, -0.05) is 0 Å². The number of anilines is 1. The lowest BCUT2D eigenvalue weighted by molar-refractivity contribution is -0.137. The zero-order chi connectivity index (χ0) is 25.6. The van der Waals surface area contributed by atoms with Crippen molar-refractivity contribution in [3.8, 4) is 6.07 Å². The first-order valence-electron chi connectivity index (χ1n) is 11.3. The molecule has 4 fully saturated rings. The number of fused-ring (bicyclic) bond motifs is 3. The minimum Gasteiger partial charge on any atom is -0.347 e. The highest BCUT2D eigenvalue weighted by Gasteiger charge is 2.50. The molecule has 192 valence electrons. The van der Waals surface area contributed by atoms with E-state index in [-0.39, 0.29) is 18.8 Å². The van der Waals surface area contributed by atoms with Gasteiger partial charge in [0.25, 0.3) is 5.91 Å². The van der Waals surface area contributed by atoms with Crippen LogP contribution in [0.4, 0.5) is 27.6 Å². The quantitative estimate of drug-likeness (QED) is 0.524. The summed E-state index contributed by atoms with van der Waals surface area (Å²) in [4.78, 5) is 13.2. The minimum absolute atomic E-state index is 0.147. The van der Waals surface area contributed by atoms with E-state index in [2.05, 4.69) is 16.1 Å². The van der Waals surface area contributed by atoms with E-state index >= 15 is 0 Å². The van der Waals surface area contributed by atoms with Gasteiger partial charge in [-0.05, 0) is 62.6 Å². The van der Waals surface area contributed by atoms with E-state index in [0.717, 1.165) is 10.4 Å². The summed E-state index contributed by atoms with van der Waals surface area (Å²) in [5.74, 6) is -1.36. The fourth-order valence-electron chi connectivity index (χ4n) is 5.17. The summed E-state index contributed by atoms with van der Waals surface area (Å²) in [5.41, 5.74) is -3.02. The molecule has 5 rings (SSSR count). The van der Waals surface area contributed by atoms with Crippen molar-refractivity contribution in [2.45, 2.75) is 63.1 Å². The van der Waals surface area contributed by atoms with Gasteiger partial charge in [0.15, 0.2) is 0 Å². The maximum absolute atomic E-state index is 13.4. The van der Waals surface area contributed by atoms with E-state index in [1.54, 1.807) is 0 Å². The van der Waals surface area contributed by atoms with Crippen LogP contribution in [0.15, 0.2) is 18.2 Å². The largest absolute Gasteiger partial charge is 0.416 e. The molecule has 1 heterocycles. The van der Waals surface area contributed by atoms with Crippen molar-refractivity contribution < 1.29 is 35.2 Å². The number of halogens is 5. The molecule has 0 aromatic heterocycles. The van der Waals surface area contributed by atoms with E-state index in [4.69, 9.17) is 0 Å². The van der Waals surface area contributed by atoms with Crippen molar-refractivity contribution in [1.29, 1.82) is 5.26 Å². The highest BCUT2D eigenvalue weighted by Crippen LogP contribution is 2.52. The lowest BCUT2D eigenvalue weighted by atomic mass is 9.58. The molecule has 1 amide bonds.